The molecule has 4 aliphatic rings. The topological polar surface area (TPSA) is 46.5 Å². The second-order valence-electron chi connectivity index (χ2n) is 9.64. The minimum Gasteiger partial charge on any atom is -0.460 e. The highest BCUT2D eigenvalue weighted by molar-refractivity contribution is 5.75. The van der Waals surface area contributed by atoms with Crippen LogP contribution < -0.4 is 0 Å². The largest absolute Gasteiger partial charge is 0.460 e. The van der Waals surface area contributed by atoms with Crippen LogP contribution >= 0.6 is 0 Å². The van der Waals surface area contributed by atoms with E-state index in [4.69, 9.17) is 4.74 Å². The molecule has 0 aromatic heterocycles. The molecule has 0 heterocycles. The first-order chi connectivity index (χ1) is 12.3. The van der Waals surface area contributed by atoms with Crippen molar-refractivity contribution in [1.29, 1.82) is 0 Å². The standard InChI is InChI=1S/C23H32O3/c1-4-22(2,3)21(24)26-14-15-5-7-18(8-6-15)23(25)19-10-16-9-17(12-19)13-20(23)11-16/h5-8,16-17,19-20,25H,4,9-14H2,1-3H3. The lowest BCUT2D eigenvalue weighted by Gasteiger charge is -2.59. The van der Waals surface area contributed by atoms with Gasteiger partial charge in [-0.3, -0.25) is 4.79 Å². The van der Waals surface area contributed by atoms with Gasteiger partial charge in [-0.05, 0) is 87.2 Å². The molecule has 3 nitrogen and oxygen atoms in total. The quantitative estimate of drug-likeness (QED) is 0.770. The molecule has 0 spiro atoms. The fraction of sp³-hybridized carbons (Fsp3) is 0.696. The van der Waals surface area contributed by atoms with Gasteiger partial charge in [-0.15, -0.1) is 0 Å². The molecule has 0 aliphatic heterocycles. The van der Waals surface area contributed by atoms with Crippen LogP contribution in [0, 0.1) is 29.1 Å². The summed E-state index contributed by atoms with van der Waals surface area (Å²) >= 11 is 0. The molecule has 1 aromatic carbocycles. The molecular weight excluding hydrogens is 324 g/mol. The smallest absolute Gasteiger partial charge is 0.311 e. The summed E-state index contributed by atoms with van der Waals surface area (Å²) in [5.41, 5.74) is 0.971. The first kappa shape index (κ1) is 18.0. The van der Waals surface area contributed by atoms with E-state index >= 15 is 0 Å². The summed E-state index contributed by atoms with van der Waals surface area (Å²) in [6, 6.07) is 8.17. The highest BCUT2D eigenvalue weighted by atomic mass is 16.5. The molecule has 0 unspecified atom stereocenters. The van der Waals surface area contributed by atoms with Gasteiger partial charge in [-0.2, -0.15) is 0 Å². The van der Waals surface area contributed by atoms with Gasteiger partial charge in [0.05, 0.1) is 11.0 Å². The third-order valence-electron chi connectivity index (χ3n) is 7.61. The minimum atomic E-state index is -0.646. The van der Waals surface area contributed by atoms with Crippen LogP contribution in [0.4, 0.5) is 0 Å². The van der Waals surface area contributed by atoms with Crippen LogP contribution in [0.2, 0.25) is 0 Å². The minimum absolute atomic E-state index is 0.149. The zero-order valence-electron chi connectivity index (χ0n) is 16.3. The van der Waals surface area contributed by atoms with Crippen molar-refractivity contribution in [2.45, 2.75) is 71.5 Å². The normalized spacial score (nSPS) is 35.5. The van der Waals surface area contributed by atoms with E-state index in [0.717, 1.165) is 29.4 Å². The highest BCUT2D eigenvalue weighted by Crippen LogP contribution is 2.61. The van der Waals surface area contributed by atoms with Gasteiger partial charge in [0, 0.05) is 0 Å². The third kappa shape index (κ3) is 2.89. The van der Waals surface area contributed by atoms with Crippen molar-refractivity contribution in [1.82, 2.24) is 0 Å². The van der Waals surface area contributed by atoms with E-state index in [-0.39, 0.29) is 5.97 Å². The van der Waals surface area contributed by atoms with Crippen LogP contribution in [0.15, 0.2) is 24.3 Å². The molecule has 0 atom stereocenters. The zero-order chi connectivity index (χ0) is 18.5. The molecule has 4 saturated carbocycles. The van der Waals surface area contributed by atoms with E-state index < -0.39 is 11.0 Å². The number of rotatable bonds is 5. The number of hydrogen-bond donors (Lipinski definition) is 1. The van der Waals surface area contributed by atoms with Crippen molar-refractivity contribution < 1.29 is 14.6 Å². The van der Waals surface area contributed by atoms with E-state index in [2.05, 4.69) is 12.1 Å². The van der Waals surface area contributed by atoms with E-state index in [1.807, 2.05) is 32.9 Å². The van der Waals surface area contributed by atoms with Crippen molar-refractivity contribution in [3.8, 4) is 0 Å². The zero-order valence-corrected chi connectivity index (χ0v) is 16.3. The Morgan fingerprint density at radius 1 is 1.08 bits per heavy atom. The first-order valence-corrected chi connectivity index (χ1v) is 10.3. The Morgan fingerprint density at radius 3 is 2.12 bits per heavy atom. The summed E-state index contributed by atoms with van der Waals surface area (Å²) in [7, 11) is 0. The first-order valence-electron chi connectivity index (χ1n) is 10.3. The summed E-state index contributed by atoms with van der Waals surface area (Å²) in [5.74, 6) is 2.39. The predicted octanol–water partition coefficient (Wildman–Crippen LogP) is 4.81. The Morgan fingerprint density at radius 2 is 1.62 bits per heavy atom. The summed E-state index contributed by atoms with van der Waals surface area (Å²) in [4.78, 5) is 12.1. The number of carbonyl (C=O) groups is 1. The van der Waals surface area contributed by atoms with E-state index in [9.17, 15) is 9.90 Å². The maximum atomic E-state index is 12.1. The SMILES string of the molecule is CCC(C)(C)C(=O)OCc1ccc(C2(O)C3CC4CC(C3)CC2C4)cc1. The highest BCUT2D eigenvalue weighted by Gasteiger charge is 2.57. The Balaban J connectivity index is 1.46. The van der Waals surface area contributed by atoms with Crippen LogP contribution in [0.5, 0.6) is 0 Å². The average molecular weight is 357 g/mol. The molecule has 4 aliphatic carbocycles. The molecule has 4 fully saturated rings. The second kappa shape index (κ2) is 6.37. The molecule has 0 saturated heterocycles. The average Bonchev–Trinajstić information content (AvgIpc) is 2.63. The predicted molar refractivity (Wildman–Crippen MR) is 101 cm³/mol. The van der Waals surface area contributed by atoms with Gasteiger partial charge in [0.25, 0.3) is 0 Å². The summed E-state index contributed by atoms with van der Waals surface area (Å²) in [6.45, 7) is 6.14. The van der Waals surface area contributed by atoms with Crippen LogP contribution in [-0.4, -0.2) is 11.1 Å². The van der Waals surface area contributed by atoms with Crippen LogP contribution in [0.3, 0.4) is 0 Å². The molecule has 142 valence electrons. The summed E-state index contributed by atoms with van der Waals surface area (Å²) in [5, 5.41) is 11.6. The summed E-state index contributed by atoms with van der Waals surface area (Å²) < 4.78 is 5.49. The molecule has 1 aromatic rings. The molecule has 0 amide bonds. The summed E-state index contributed by atoms with van der Waals surface area (Å²) in [6.07, 6.45) is 6.91. The lowest BCUT2D eigenvalue weighted by Crippen LogP contribution is -2.55. The number of aliphatic hydroxyl groups is 1. The van der Waals surface area contributed by atoms with Gasteiger partial charge in [0.1, 0.15) is 6.61 Å². The fourth-order valence-electron chi connectivity index (χ4n) is 5.73. The number of carbonyl (C=O) groups excluding carboxylic acids is 1. The van der Waals surface area contributed by atoms with E-state index in [0.29, 0.717) is 18.4 Å². The van der Waals surface area contributed by atoms with Gasteiger partial charge in [-0.25, -0.2) is 0 Å². The molecular formula is C23H32O3. The van der Waals surface area contributed by atoms with Crippen LogP contribution in [0.1, 0.15) is 70.4 Å². The number of benzene rings is 1. The number of esters is 1. The Kier molecular flexibility index (Phi) is 4.42. The second-order valence-corrected chi connectivity index (χ2v) is 9.64. The lowest BCUT2D eigenvalue weighted by atomic mass is 9.48. The van der Waals surface area contributed by atoms with Crippen molar-refractivity contribution in [3.05, 3.63) is 35.4 Å². The van der Waals surface area contributed by atoms with Crippen molar-refractivity contribution in [3.63, 3.8) is 0 Å². The van der Waals surface area contributed by atoms with Gasteiger partial charge in [-0.1, -0.05) is 31.2 Å². The molecule has 3 heteroatoms. The molecule has 26 heavy (non-hydrogen) atoms. The van der Waals surface area contributed by atoms with Crippen LogP contribution in [-0.2, 0) is 21.7 Å². The van der Waals surface area contributed by atoms with Gasteiger partial charge < -0.3 is 9.84 Å². The Bertz CT molecular complexity index is 645. The maximum absolute atomic E-state index is 12.1. The fourth-order valence-corrected chi connectivity index (χ4v) is 5.73. The van der Waals surface area contributed by atoms with E-state index in [1.165, 1.54) is 32.1 Å². The van der Waals surface area contributed by atoms with Gasteiger partial charge in [0.2, 0.25) is 0 Å². The molecule has 5 rings (SSSR count). The van der Waals surface area contributed by atoms with Crippen molar-refractivity contribution in [2.24, 2.45) is 29.1 Å². The monoisotopic (exact) mass is 356 g/mol. The number of ether oxygens (including phenoxy) is 1. The molecule has 4 bridgehead atoms. The molecule has 0 radical (unpaired) electrons. The van der Waals surface area contributed by atoms with Gasteiger partial charge >= 0.3 is 5.97 Å². The molecule has 1 N–H and O–H groups in total. The van der Waals surface area contributed by atoms with E-state index in [1.54, 1.807) is 0 Å². The maximum Gasteiger partial charge on any atom is 0.311 e. The van der Waals surface area contributed by atoms with Crippen molar-refractivity contribution in [2.75, 3.05) is 0 Å². The van der Waals surface area contributed by atoms with Crippen molar-refractivity contribution >= 4 is 5.97 Å². The van der Waals surface area contributed by atoms with Gasteiger partial charge in [0.15, 0.2) is 0 Å². The number of hydrogen-bond acceptors (Lipinski definition) is 3. The Labute approximate surface area is 157 Å². The lowest BCUT2D eigenvalue weighted by molar-refractivity contribution is -0.179. The third-order valence-corrected chi connectivity index (χ3v) is 7.61. The Hall–Kier alpha value is -1.35. The van der Waals surface area contributed by atoms with Crippen LogP contribution in [0.25, 0.3) is 0 Å².